The fraction of sp³-hybridized carbons (Fsp3) is 0.250. The third-order valence-electron chi connectivity index (χ3n) is 3.43. The molecule has 1 aromatic heterocycles. The summed E-state index contributed by atoms with van der Waals surface area (Å²) in [5, 5.41) is 11.9. The van der Waals surface area contributed by atoms with E-state index in [2.05, 4.69) is 5.32 Å². The van der Waals surface area contributed by atoms with E-state index >= 15 is 0 Å². The fourth-order valence-electron chi connectivity index (χ4n) is 2.28. The van der Waals surface area contributed by atoms with Crippen LogP contribution in [0.25, 0.3) is 0 Å². The van der Waals surface area contributed by atoms with Gasteiger partial charge in [0.05, 0.1) is 10.6 Å². The van der Waals surface area contributed by atoms with Gasteiger partial charge in [-0.25, -0.2) is 4.79 Å². The van der Waals surface area contributed by atoms with Gasteiger partial charge in [0.1, 0.15) is 19.5 Å². The number of ether oxygens (including phenoxy) is 2. The Labute approximate surface area is 142 Å². The summed E-state index contributed by atoms with van der Waals surface area (Å²) in [6.45, 7) is 1.26. The van der Waals surface area contributed by atoms with Crippen molar-refractivity contribution >= 4 is 23.5 Å². The molecule has 2 heterocycles. The predicted molar refractivity (Wildman–Crippen MR) is 84.1 cm³/mol. The molecule has 2 aromatic rings. The molecule has 7 nitrogen and oxygen atoms in total. The zero-order valence-corrected chi connectivity index (χ0v) is 13.3. The van der Waals surface area contributed by atoms with Gasteiger partial charge >= 0.3 is 5.97 Å². The molecule has 1 aliphatic heterocycles. The van der Waals surface area contributed by atoms with E-state index in [0.717, 1.165) is 11.8 Å². The van der Waals surface area contributed by atoms with Crippen molar-refractivity contribution in [2.45, 2.75) is 6.42 Å². The third-order valence-corrected chi connectivity index (χ3v) is 3.71. The standard InChI is InChI=1S/C16H14ClNO6/c17-11-5-9(6-12-14(11)23-4-3-22-12)1-2-18-15(19)13-7-10(8-24-13)16(20)21/h5-8H,1-4H2,(H,18,19)(H,20,21). The van der Waals surface area contributed by atoms with Gasteiger partial charge in [-0.1, -0.05) is 11.6 Å². The largest absolute Gasteiger partial charge is 0.486 e. The summed E-state index contributed by atoms with van der Waals surface area (Å²) in [7, 11) is 0. The van der Waals surface area contributed by atoms with Crippen LogP contribution in [0.4, 0.5) is 0 Å². The van der Waals surface area contributed by atoms with Crippen molar-refractivity contribution in [1.29, 1.82) is 0 Å². The second-order valence-electron chi connectivity index (χ2n) is 5.11. The number of amides is 1. The fourth-order valence-corrected chi connectivity index (χ4v) is 2.57. The number of carboxylic acids is 1. The minimum atomic E-state index is -1.15. The first-order valence-corrected chi connectivity index (χ1v) is 7.60. The van der Waals surface area contributed by atoms with Gasteiger partial charge in [-0.15, -0.1) is 0 Å². The second-order valence-corrected chi connectivity index (χ2v) is 5.52. The van der Waals surface area contributed by atoms with Gasteiger partial charge in [-0.3, -0.25) is 4.79 Å². The monoisotopic (exact) mass is 351 g/mol. The maximum atomic E-state index is 11.9. The van der Waals surface area contributed by atoms with E-state index in [9.17, 15) is 9.59 Å². The lowest BCUT2D eigenvalue weighted by Crippen LogP contribution is -2.25. The molecule has 1 aromatic carbocycles. The molecule has 24 heavy (non-hydrogen) atoms. The van der Waals surface area contributed by atoms with Gasteiger partial charge in [0.15, 0.2) is 17.3 Å². The molecule has 0 saturated carbocycles. The highest BCUT2D eigenvalue weighted by atomic mass is 35.5. The van der Waals surface area contributed by atoms with Crippen LogP contribution < -0.4 is 14.8 Å². The number of carbonyl (C=O) groups excluding carboxylic acids is 1. The first kappa shape index (κ1) is 16.2. The van der Waals surface area contributed by atoms with Crippen LogP contribution in [0.5, 0.6) is 11.5 Å². The van der Waals surface area contributed by atoms with Gasteiger partial charge < -0.3 is 24.3 Å². The summed E-state index contributed by atoms with van der Waals surface area (Å²) in [5.74, 6) is -0.554. The third kappa shape index (κ3) is 3.46. The van der Waals surface area contributed by atoms with Crippen LogP contribution in [0.15, 0.2) is 28.9 Å². The summed E-state index contributed by atoms with van der Waals surface area (Å²) in [6, 6.07) is 4.76. The zero-order valence-electron chi connectivity index (χ0n) is 12.5. The molecule has 0 saturated heterocycles. The lowest BCUT2D eigenvalue weighted by atomic mass is 10.1. The number of fused-ring (bicyclic) bond motifs is 1. The Morgan fingerprint density at radius 2 is 2.00 bits per heavy atom. The first-order chi connectivity index (χ1) is 11.5. The number of carboxylic acid groups (broad SMARTS) is 1. The molecule has 126 valence electrons. The lowest BCUT2D eigenvalue weighted by molar-refractivity contribution is 0.0695. The molecule has 0 atom stereocenters. The predicted octanol–water partition coefficient (Wildman–Crippen LogP) is 2.37. The van der Waals surface area contributed by atoms with E-state index in [0.29, 0.717) is 42.7 Å². The molecule has 8 heteroatoms. The molecule has 0 fully saturated rings. The summed E-state index contributed by atoms with van der Waals surface area (Å²) < 4.78 is 15.9. The first-order valence-electron chi connectivity index (χ1n) is 7.22. The number of hydrogen-bond acceptors (Lipinski definition) is 5. The van der Waals surface area contributed by atoms with Crippen molar-refractivity contribution in [3.63, 3.8) is 0 Å². The van der Waals surface area contributed by atoms with Gasteiger partial charge in [-0.2, -0.15) is 0 Å². The van der Waals surface area contributed by atoms with Gasteiger partial charge in [0, 0.05) is 12.6 Å². The van der Waals surface area contributed by atoms with Crippen molar-refractivity contribution in [3.8, 4) is 11.5 Å². The molecule has 0 aliphatic carbocycles. The van der Waals surface area contributed by atoms with E-state index in [1.807, 2.05) is 6.07 Å². The number of halogens is 1. The number of rotatable bonds is 5. The molecule has 3 rings (SSSR count). The maximum absolute atomic E-state index is 11.9. The van der Waals surface area contributed by atoms with E-state index in [1.54, 1.807) is 6.07 Å². The summed E-state index contributed by atoms with van der Waals surface area (Å²) >= 11 is 6.15. The molecule has 0 radical (unpaired) electrons. The molecular formula is C16H14ClNO6. The number of hydrogen-bond donors (Lipinski definition) is 2. The van der Waals surface area contributed by atoms with Crippen molar-refractivity contribution in [2.75, 3.05) is 19.8 Å². The second kappa shape index (κ2) is 6.84. The molecule has 0 unspecified atom stereocenters. The van der Waals surface area contributed by atoms with Crippen molar-refractivity contribution in [3.05, 3.63) is 46.4 Å². The van der Waals surface area contributed by atoms with Crippen LogP contribution in [-0.2, 0) is 6.42 Å². The molecular weight excluding hydrogens is 338 g/mol. The normalized spacial score (nSPS) is 12.7. The van der Waals surface area contributed by atoms with Crippen LogP contribution in [0.2, 0.25) is 5.02 Å². The smallest absolute Gasteiger partial charge is 0.338 e. The molecule has 0 bridgehead atoms. The molecule has 1 amide bonds. The lowest BCUT2D eigenvalue weighted by Gasteiger charge is -2.20. The zero-order chi connectivity index (χ0) is 17.1. The quantitative estimate of drug-likeness (QED) is 0.858. The Hall–Kier alpha value is -2.67. The van der Waals surface area contributed by atoms with E-state index < -0.39 is 11.9 Å². The van der Waals surface area contributed by atoms with Crippen LogP contribution >= 0.6 is 11.6 Å². The summed E-state index contributed by atoms with van der Waals surface area (Å²) in [5.41, 5.74) is 0.814. The Balaban J connectivity index is 1.59. The van der Waals surface area contributed by atoms with Crippen molar-refractivity contribution in [1.82, 2.24) is 5.32 Å². The average Bonchev–Trinajstić information content (AvgIpc) is 3.05. The topological polar surface area (TPSA) is 98.0 Å². The van der Waals surface area contributed by atoms with E-state index in [1.165, 1.54) is 6.07 Å². The van der Waals surface area contributed by atoms with Crippen LogP contribution in [-0.4, -0.2) is 36.7 Å². The number of benzene rings is 1. The Morgan fingerprint density at radius 1 is 1.21 bits per heavy atom. The minimum Gasteiger partial charge on any atom is -0.486 e. The highest BCUT2D eigenvalue weighted by Crippen LogP contribution is 2.38. The summed E-state index contributed by atoms with van der Waals surface area (Å²) in [6.07, 6.45) is 1.55. The number of furan rings is 1. The number of nitrogens with one attached hydrogen (secondary N) is 1. The Morgan fingerprint density at radius 3 is 2.75 bits per heavy atom. The number of carbonyl (C=O) groups is 2. The average molecular weight is 352 g/mol. The Kier molecular flexibility index (Phi) is 4.61. The Bertz CT molecular complexity index is 785. The van der Waals surface area contributed by atoms with Crippen molar-refractivity contribution < 1.29 is 28.6 Å². The highest BCUT2D eigenvalue weighted by molar-refractivity contribution is 6.32. The van der Waals surface area contributed by atoms with Gasteiger partial charge in [-0.05, 0) is 24.1 Å². The van der Waals surface area contributed by atoms with Gasteiger partial charge in [0.25, 0.3) is 5.91 Å². The molecule has 2 N–H and O–H groups in total. The highest BCUT2D eigenvalue weighted by Gasteiger charge is 2.17. The van der Waals surface area contributed by atoms with E-state index in [4.69, 9.17) is 30.6 Å². The van der Waals surface area contributed by atoms with Crippen LogP contribution in [0.1, 0.15) is 26.5 Å². The van der Waals surface area contributed by atoms with Gasteiger partial charge in [0.2, 0.25) is 0 Å². The van der Waals surface area contributed by atoms with Crippen molar-refractivity contribution in [2.24, 2.45) is 0 Å². The number of aromatic carboxylic acids is 1. The molecule has 1 aliphatic rings. The SMILES string of the molecule is O=C(O)c1coc(C(=O)NCCc2cc(Cl)c3c(c2)OCCO3)c1. The maximum Gasteiger partial charge on any atom is 0.338 e. The minimum absolute atomic E-state index is 0.0485. The summed E-state index contributed by atoms with van der Waals surface area (Å²) in [4.78, 5) is 22.7. The van der Waals surface area contributed by atoms with E-state index in [-0.39, 0.29) is 11.3 Å². The van der Waals surface area contributed by atoms with Crippen LogP contribution in [0, 0.1) is 0 Å². The molecule has 0 spiro atoms. The van der Waals surface area contributed by atoms with Crippen LogP contribution in [0.3, 0.4) is 0 Å².